The van der Waals surface area contributed by atoms with Gasteiger partial charge in [-0.05, 0) is 43.2 Å². The van der Waals surface area contributed by atoms with E-state index in [9.17, 15) is 8.42 Å². The summed E-state index contributed by atoms with van der Waals surface area (Å²) >= 11 is 0. The van der Waals surface area contributed by atoms with Gasteiger partial charge in [-0.3, -0.25) is 4.98 Å². The van der Waals surface area contributed by atoms with Crippen LogP contribution in [0.5, 0.6) is 0 Å². The van der Waals surface area contributed by atoms with E-state index in [-0.39, 0.29) is 6.04 Å². The van der Waals surface area contributed by atoms with E-state index in [1.807, 2.05) is 18.3 Å². The molecule has 2 N–H and O–H groups in total. The molecule has 2 atom stereocenters. The molecule has 5 nitrogen and oxygen atoms in total. The highest BCUT2D eigenvalue weighted by Gasteiger charge is 2.26. The Balaban J connectivity index is 1.86. The third kappa shape index (κ3) is 4.54. The second-order valence-electron chi connectivity index (χ2n) is 5.69. The minimum absolute atomic E-state index is 0.0590. The molecule has 20 heavy (non-hydrogen) atoms. The molecule has 0 saturated carbocycles. The van der Waals surface area contributed by atoms with Crippen LogP contribution < -0.4 is 5.73 Å². The van der Waals surface area contributed by atoms with Gasteiger partial charge in [0.15, 0.2) is 0 Å². The summed E-state index contributed by atoms with van der Waals surface area (Å²) in [5, 5.41) is 0. The van der Waals surface area contributed by atoms with Crippen LogP contribution in [-0.4, -0.2) is 43.1 Å². The average molecular weight is 297 g/mol. The van der Waals surface area contributed by atoms with Crippen LogP contribution in [-0.2, 0) is 16.4 Å². The molecular weight excluding hydrogens is 274 g/mol. The van der Waals surface area contributed by atoms with Crippen LogP contribution in [0, 0.1) is 5.92 Å². The van der Waals surface area contributed by atoms with Crippen molar-refractivity contribution < 1.29 is 8.42 Å². The number of pyridine rings is 1. The van der Waals surface area contributed by atoms with E-state index in [0.717, 1.165) is 31.2 Å². The lowest BCUT2D eigenvalue weighted by Crippen LogP contribution is -2.41. The number of hydrogen-bond donors (Lipinski definition) is 1. The highest BCUT2D eigenvalue weighted by molar-refractivity contribution is 7.88. The number of aromatic nitrogens is 1. The van der Waals surface area contributed by atoms with Gasteiger partial charge in [0, 0.05) is 31.5 Å². The van der Waals surface area contributed by atoms with E-state index in [4.69, 9.17) is 5.73 Å². The zero-order chi connectivity index (χ0) is 14.6. The molecule has 6 heteroatoms. The minimum Gasteiger partial charge on any atom is -0.327 e. The van der Waals surface area contributed by atoms with Crippen molar-refractivity contribution in [3.8, 4) is 0 Å². The maximum atomic E-state index is 11.6. The zero-order valence-corrected chi connectivity index (χ0v) is 12.7. The number of sulfonamides is 1. The Morgan fingerprint density at radius 2 is 2.35 bits per heavy atom. The summed E-state index contributed by atoms with van der Waals surface area (Å²) in [4.78, 5) is 4.09. The summed E-state index contributed by atoms with van der Waals surface area (Å²) in [6.45, 7) is 1.26. The molecule has 112 valence electrons. The fourth-order valence-electron chi connectivity index (χ4n) is 2.85. The van der Waals surface area contributed by atoms with Crippen LogP contribution in [0.4, 0.5) is 0 Å². The van der Waals surface area contributed by atoms with Crippen molar-refractivity contribution in [2.75, 3.05) is 19.3 Å². The van der Waals surface area contributed by atoms with Gasteiger partial charge in [-0.15, -0.1) is 0 Å². The summed E-state index contributed by atoms with van der Waals surface area (Å²) in [5.41, 5.74) is 7.33. The molecular formula is C14H23N3O2S. The molecule has 2 rings (SSSR count). The first-order valence-corrected chi connectivity index (χ1v) is 8.89. The molecule has 0 aliphatic carbocycles. The molecule has 0 bridgehead atoms. The first-order valence-electron chi connectivity index (χ1n) is 7.05. The lowest BCUT2D eigenvalue weighted by Gasteiger charge is -2.32. The van der Waals surface area contributed by atoms with Crippen molar-refractivity contribution in [1.82, 2.24) is 9.29 Å². The number of nitrogens with two attached hydrogens (primary N) is 1. The van der Waals surface area contributed by atoms with Gasteiger partial charge in [0.1, 0.15) is 0 Å². The molecule has 1 aliphatic heterocycles. The summed E-state index contributed by atoms with van der Waals surface area (Å²) in [7, 11) is -3.07. The van der Waals surface area contributed by atoms with E-state index in [0.29, 0.717) is 19.0 Å². The van der Waals surface area contributed by atoms with Crippen molar-refractivity contribution in [2.24, 2.45) is 11.7 Å². The SMILES string of the molecule is CS(=O)(=O)N1CCCC(CC(N)Cc2cccnc2)C1. The van der Waals surface area contributed by atoms with E-state index in [1.54, 1.807) is 10.5 Å². The molecule has 1 aromatic heterocycles. The standard InChI is InChI=1S/C14H23N3O2S/c1-20(18,19)17-7-3-5-13(11-17)9-14(15)8-12-4-2-6-16-10-12/h2,4,6,10,13-14H,3,5,7-9,11,15H2,1H3. The minimum atomic E-state index is -3.07. The second kappa shape index (κ2) is 6.65. The molecule has 1 aromatic rings. The number of nitrogens with zero attached hydrogens (tertiary/aromatic N) is 2. The number of rotatable bonds is 5. The van der Waals surface area contributed by atoms with Gasteiger partial charge < -0.3 is 5.73 Å². The smallest absolute Gasteiger partial charge is 0.211 e. The number of piperidine rings is 1. The van der Waals surface area contributed by atoms with Gasteiger partial charge in [0.2, 0.25) is 10.0 Å². The Bertz CT molecular complexity index is 518. The van der Waals surface area contributed by atoms with Crippen LogP contribution in [0.15, 0.2) is 24.5 Å². The van der Waals surface area contributed by atoms with E-state index >= 15 is 0 Å². The number of hydrogen-bond acceptors (Lipinski definition) is 4. The molecule has 0 spiro atoms. The summed E-state index contributed by atoms with van der Waals surface area (Å²) in [6, 6.07) is 3.99. The van der Waals surface area contributed by atoms with Crippen molar-refractivity contribution in [2.45, 2.75) is 31.7 Å². The normalized spacial score (nSPS) is 22.6. The lowest BCUT2D eigenvalue weighted by atomic mass is 9.90. The summed E-state index contributed by atoms with van der Waals surface area (Å²) in [6.07, 6.45) is 8.52. The van der Waals surface area contributed by atoms with Crippen molar-refractivity contribution in [3.63, 3.8) is 0 Å². The molecule has 0 amide bonds. The highest BCUT2D eigenvalue weighted by atomic mass is 32.2. The maximum Gasteiger partial charge on any atom is 0.211 e. The second-order valence-corrected chi connectivity index (χ2v) is 7.67. The summed E-state index contributed by atoms with van der Waals surface area (Å²) < 4.78 is 24.8. The first-order chi connectivity index (χ1) is 9.45. The Hall–Kier alpha value is -0.980. The van der Waals surface area contributed by atoms with Gasteiger partial charge in [-0.25, -0.2) is 12.7 Å². The lowest BCUT2D eigenvalue weighted by molar-refractivity contribution is 0.246. The van der Waals surface area contributed by atoms with Crippen molar-refractivity contribution in [3.05, 3.63) is 30.1 Å². The van der Waals surface area contributed by atoms with E-state index in [2.05, 4.69) is 4.98 Å². The fourth-order valence-corrected chi connectivity index (χ4v) is 3.80. The third-order valence-electron chi connectivity index (χ3n) is 3.81. The molecule has 1 fully saturated rings. The largest absolute Gasteiger partial charge is 0.327 e. The Morgan fingerprint density at radius 1 is 1.55 bits per heavy atom. The third-order valence-corrected chi connectivity index (χ3v) is 5.08. The quantitative estimate of drug-likeness (QED) is 0.880. The topological polar surface area (TPSA) is 76.3 Å². The van der Waals surface area contributed by atoms with E-state index < -0.39 is 10.0 Å². The molecule has 2 heterocycles. The van der Waals surface area contributed by atoms with Crippen LogP contribution >= 0.6 is 0 Å². The average Bonchev–Trinajstić information content (AvgIpc) is 2.39. The zero-order valence-electron chi connectivity index (χ0n) is 11.9. The summed E-state index contributed by atoms with van der Waals surface area (Å²) in [5.74, 6) is 0.366. The Labute approximate surface area is 121 Å². The maximum absolute atomic E-state index is 11.6. The highest BCUT2D eigenvalue weighted by Crippen LogP contribution is 2.23. The van der Waals surface area contributed by atoms with Crippen LogP contribution in [0.25, 0.3) is 0 Å². The van der Waals surface area contributed by atoms with Gasteiger partial charge in [0.05, 0.1) is 6.26 Å². The predicted octanol–water partition coefficient (Wildman–Crippen LogP) is 1.01. The molecule has 0 radical (unpaired) electrons. The first kappa shape index (κ1) is 15.4. The van der Waals surface area contributed by atoms with Gasteiger partial charge in [0.25, 0.3) is 0 Å². The molecule has 2 unspecified atom stereocenters. The van der Waals surface area contributed by atoms with Gasteiger partial charge >= 0.3 is 0 Å². The molecule has 1 saturated heterocycles. The Kier molecular flexibility index (Phi) is 5.12. The molecule has 1 aliphatic rings. The van der Waals surface area contributed by atoms with Gasteiger partial charge in [-0.2, -0.15) is 0 Å². The fraction of sp³-hybridized carbons (Fsp3) is 0.643. The van der Waals surface area contributed by atoms with Crippen LogP contribution in [0.3, 0.4) is 0 Å². The van der Waals surface area contributed by atoms with Crippen LogP contribution in [0.1, 0.15) is 24.8 Å². The predicted molar refractivity (Wildman–Crippen MR) is 79.7 cm³/mol. The van der Waals surface area contributed by atoms with Crippen molar-refractivity contribution >= 4 is 10.0 Å². The monoisotopic (exact) mass is 297 g/mol. The molecule has 0 aromatic carbocycles. The van der Waals surface area contributed by atoms with Crippen molar-refractivity contribution in [1.29, 1.82) is 0 Å². The Morgan fingerprint density at radius 3 is 3.00 bits per heavy atom. The van der Waals surface area contributed by atoms with E-state index in [1.165, 1.54) is 6.26 Å². The van der Waals surface area contributed by atoms with Gasteiger partial charge in [-0.1, -0.05) is 6.07 Å². The van der Waals surface area contributed by atoms with Crippen LogP contribution in [0.2, 0.25) is 0 Å².